The number of hydrogen-bond acceptors (Lipinski definition) is 7. The summed E-state index contributed by atoms with van der Waals surface area (Å²) in [6.45, 7) is 3.61. The number of carbonyl (C=O) groups is 2. The quantitative estimate of drug-likeness (QED) is 0.0209. The highest BCUT2D eigenvalue weighted by Crippen LogP contribution is 2.36. The summed E-state index contributed by atoms with van der Waals surface area (Å²) < 4.78 is 32.1. The van der Waals surface area contributed by atoms with Crippen LogP contribution in [-0.2, 0) is 32.9 Å². The van der Waals surface area contributed by atoms with Gasteiger partial charge in [-0.05, 0) is 51.4 Å². The highest BCUT2D eigenvalue weighted by Gasteiger charge is 2.36. The fraction of sp³-hybridized carbons (Fsp3) is 0.810. The van der Waals surface area contributed by atoms with Gasteiger partial charge in [0.05, 0.1) is 18.8 Å². The molecule has 0 aromatic rings. The van der Waals surface area contributed by atoms with E-state index in [0.29, 0.717) is 25.0 Å². The molecule has 0 aliphatic carbocycles. The molecule has 302 valence electrons. The van der Waals surface area contributed by atoms with E-state index in [4.69, 9.17) is 24.0 Å². The average molecular weight is 755 g/mol. The minimum atomic E-state index is -4.77. The summed E-state index contributed by atoms with van der Waals surface area (Å²) in [5, 5.41) is 0. The van der Waals surface area contributed by atoms with Crippen molar-refractivity contribution < 1.29 is 42.7 Å². The predicted molar refractivity (Wildman–Crippen MR) is 211 cm³/mol. The molecule has 10 heteroatoms. The second-order valence-electron chi connectivity index (χ2n) is 14.4. The van der Waals surface area contributed by atoms with Crippen molar-refractivity contribution in [3.63, 3.8) is 0 Å². The van der Waals surface area contributed by atoms with Crippen molar-refractivity contribution >= 4 is 19.8 Å². The van der Waals surface area contributed by atoms with Crippen molar-refractivity contribution in [3.8, 4) is 0 Å². The van der Waals surface area contributed by atoms with E-state index in [-0.39, 0.29) is 19.4 Å². The van der Waals surface area contributed by atoms with Gasteiger partial charge in [-0.25, -0.2) is 4.57 Å². The van der Waals surface area contributed by atoms with Crippen LogP contribution in [-0.4, -0.2) is 53.3 Å². The van der Waals surface area contributed by atoms with Crippen LogP contribution >= 0.6 is 7.82 Å². The number of ether oxygens (including phenoxy) is 3. The SMILES string of the molecule is CCCCC/C=C\CC1OC1C/C=C\C/C=C\CCCC(=O)O[C@H](COC(=O)CCCCCCCCCCCCCCCCCC)COP(=O)(O)O. The molecule has 0 radical (unpaired) electrons. The lowest BCUT2D eigenvalue weighted by Gasteiger charge is -2.18. The van der Waals surface area contributed by atoms with Gasteiger partial charge in [0.15, 0.2) is 6.10 Å². The molecule has 0 amide bonds. The molecule has 1 aliphatic heterocycles. The topological polar surface area (TPSA) is 132 Å². The van der Waals surface area contributed by atoms with Crippen LogP contribution in [0.1, 0.15) is 187 Å². The minimum absolute atomic E-state index is 0.132. The Labute approximate surface area is 317 Å². The number of rotatable bonds is 37. The van der Waals surface area contributed by atoms with E-state index in [9.17, 15) is 14.2 Å². The van der Waals surface area contributed by atoms with Gasteiger partial charge >= 0.3 is 19.8 Å². The molecular formula is C42H75O9P. The largest absolute Gasteiger partial charge is 0.469 e. The molecule has 0 spiro atoms. The van der Waals surface area contributed by atoms with Crippen LogP contribution in [0.2, 0.25) is 0 Å². The summed E-state index contributed by atoms with van der Waals surface area (Å²) in [5.74, 6) is -0.951. The Kier molecular flexibility index (Phi) is 31.3. The van der Waals surface area contributed by atoms with Gasteiger partial charge in [-0.1, -0.05) is 159 Å². The Morgan fingerprint density at radius 2 is 1.06 bits per heavy atom. The van der Waals surface area contributed by atoms with E-state index in [1.165, 1.54) is 103 Å². The van der Waals surface area contributed by atoms with Crippen molar-refractivity contribution in [1.29, 1.82) is 0 Å². The van der Waals surface area contributed by atoms with Gasteiger partial charge in [0.2, 0.25) is 0 Å². The van der Waals surface area contributed by atoms with Crippen LogP contribution in [0.3, 0.4) is 0 Å². The van der Waals surface area contributed by atoms with Crippen LogP contribution in [0, 0.1) is 0 Å². The van der Waals surface area contributed by atoms with Crippen molar-refractivity contribution in [2.75, 3.05) is 13.2 Å². The molecule has 1 heterocycles. The number of unbranched alkanes of at least 4 members (excludes halogenated alkanes) is 19. The molecule has 1 fully saturated rings. The standard InChI is InChI=1S/C42H75O9P/c1-3-5-7-9-11-12-13-14-15-16-17-18-19-22-26-30-34-41(43)48-36-38(37-49-52(45,46)47)50-42(44)35-31-27-23-20-21-25-29-33-40-39(51-40)32-28-24-10-8-6-4-2/h20,23-25,28-29,38-40H,3-19,21-22,26-27,30-37H2,1-2H3,(H2,45,46,47)/b23-20-,28-24-,29-25-/t38-,39?,40?/m1/s1. The minimum Gasteiger partial charge on any atom is -0.462 e. The van der Waals surface area contributed by atoms with E-state index < -0.39 is 32.5 Å². The maximum absolute atomic E-state index is 12.4. The lowest BCUT2D eigenvalue weighted by atomic mass is 10.0. The zero-order valence-corrected chi connectivity index (χ0v) is 33.8. The Balaban J connectivity index is 2.10. The van der Waals surface area contributed by atoms with Gasteiger partial charge in [-0.3, -0.25) is 14.1 Å². The van der Waals surface area contributed by atoms with Crippen LogP contribution < -0.4 is 0 Å². The van der Waals surface area contributed by atoms with Gasteiger partial charge < -0.3 is 24.0 Å². The fourth-order valence-electron chi connectivity index (χ4n) is 6.05. The van der Waals surface area contributed by atoms with Gasteiger partial charge in [0.25, 0.3) is 0 Å². The summed E-state index contributed by atoms with van der Waals surface area (Å²) >= 11 is 0. The molecule has 2 N–H and O–H groups in total. The number of phosphoric ester groups is 1. The lowest BCUT2D eigenvalue weighted by Crippen LogP contribution is -2.29. The van der Waals surface area contributed by atoms with Gasteiger partial charge in [0.1, 0.15) is 6.61 Å². The molecule has 0 aromatic heterocycles. The molecule has 1 aliphatic rings. The first-order valence-corrected chi connectivity index (χ1v) is 22.4. The van der Waals surface area contributed by atoms with Crippen molar-refractivity contribution in [2.45, 2.75) is 206 Å². The Morgan fingerprint density at radius 1 is 0.596 bits per heavy atom. The second kappa shape index (κ2) is 33.8. The van der Waals surface area contributed by atoms with Gasteiger partial charge in [-0.2, -0.15) is 0 Å². The van der Waals surface area contributed by atoms with E-state index >= 15 is 0 Å². The molecule has 0 saturated carbocycles. The summed E-state index contributed by atoms with van der Waals surface area (Å²) in [4.78, 5) is 42.8. The predicted octanol–water partition coefficient (Wildman–Crippen LogP) is 11.6. The second-order valence-corrected chi connectivity index (χ2v) is 15.6. The summed E-state index contributed by atoms with van der Waals surface area (Å²) in [5.41, 5.74) is 0. The van der Waals surface area contributed by atoms with Crippen molar-refractivity contribution in [3.05, 3.63) is 36.5 Å². The van der Waals surface area contributed by atoms with Crippen molar-refractivity contribution in [1.82, 2.24) is 0 Å². The number of allylic oxidation sites excluding steroid dienone is 4. The van der Waals surface area contributed by atoms with Crippen LogP contribution in [0.4, 0.5) is 0 Å². The molecule has 9 nitrogen and oxygen atoms in total. The van der Waals surface area contributed by atoms with E-state index in [2.05, 4.69) is 48.8 Å². The Hall–Kier alpha value is -1.77. The normalized spacial score (nSPS) is 16.7. The summed E-state index contributed by atoms with van der Waals surface area (Å²) in [6, 6.07) is 0. The monoisotopic (exact) mass is 755 g/mol. The lowest BCUT2D eigenvalue weighted by molar-refractivity contribution is -0.161. The van der Waals surface area contributed by atoms with Gasteiger partial charge in [0, 0.05) is 12.8 Å². The number of phosphoric acid groups is 1. The first-order chi connectivity index (χ1) is 25.2. The Bertz CT molecular complexity index is 1010. The average Bonchev–Trinajstić information content (AvgIpc) is 3.87. The maximum atomic E-state index is 12.4. The highest BCUT2D eigenvalue weighted by atomic mass is 31.2. The van der Waals surface area contributed by atoms with E-state index in [1.54, 1.807) is 0 Å². The van der Waals surface area contributed by atoms with Crippen LogP contribution in [0.25, 0.3) is 0 Å². The summed E-state index contributed by atoms with van der Waals surface area (Å²) in [7, 11) is -4.77. The third-order valence-corrected chi connectivity index (χ3v) is 9.80. The van der Waals surface area contributed by atoms with Crippen LogP contribution in [0.5, 0.6) is 0 Å². The zero-order chi connectivity index (χ0) is 38.0. The maximum Gasteiger partial charge on any atom is 0.469 e. The van der Waals surface area contributed by atoms with E-state index in [0.717, 1.165) is 44.9 Å². The number of carbonyl (C=O) groups excluding carboxylic acids is 2. The molecule has 3 atom stereocenters. The fourth-order valence-corrected chi connectivity index (χ4v) is 6.41. The third-order valence-electron chi connectivity index (χ3n) is 9.31. The molecule has 1 rings (SSSR count). The molecule has 2 unspecified atom stereocenters. The first kappa shape index (κ1) is 48.2. The van der Waals surface area contributed by atoms with Crippen molar-refractivity contribution in [2.24, 2.45) is 0 Å². The molecule has 52 heavy (non-hydrogen) atoms. The van der Waals surface area contributed by atoms with Crippen LogP contribution in [0.15, 0.2) is 36.5 Å². The molecule has 0 bridgehead atoms. The number of hydrogen-bond donors (Lipinski definition) is 2. The summed E-state index contributed by atoms with van der Waals surface area (Å²) in [6.07, 6.45) is 41.8. The molecular weight excluding hydrogens is 679 g/mol. The third kappa shape index (κ3) is 32.8. The number of epoxide rings is 1. The molecule has 0 aromatic carbocycles. The number of esters is 2. The smallest absolute Gasteiger partial charge is 0.462 e. The Morgan fingerprint density at radius 3 is 1.63 bits per heavy atom. The zero-order valence-electron chi connectivity index (χ0n) is 32.9. The molecule has 1 saturated heterocycles. The first-order valence-electron chi connectivity index (χ1n) is 20.9. The highest BCUT2D eigenvalue weighted by molar-refractivity contribution is 7.46. The van der Waals surface area contributed by atoms with Gasteiger partial charge in [-0.15, -0.1) is 0 Å². The van der Waals surface area contributed by atoms with E-state index in [1.807, 2.05) is 6.08 Å².